The van der Waals surface area contributed by atoms with Gasteiger partial charge in [0.25, 0.3) is 5.91 Å². The molecule has 0 aliphatic carbocycles. The van der Waals surface area contributed by atoms with Crippen LogP contribution in [-0.2, 0) is 4.79 Å². The number of hydrogen-bond acceptors (Lipinski definition) is 2. The molecule has 2 amide bonds. The first-order valence-electron chi connectivity index (χ1n) is 7.09. The summed E-state index contributed by atoms with van der Waals surface area (Å²) in [5.41, 5.74) is 0.237. The molecule has 114 valence electrons. The summed E-state index contributed by atoms with van der Waals surface area (Å²) >= 11 is 3.05. The monoisotopic (exact) mass is 356 g/mol. The lowest BCUT2D eigenvalue weighted by Crippen LogP contribution is -2.37. The molecule has 1 aliphatic heterocycles. The fourth-order valence-corrected chi connectivity index (χ4v) is 2.80. The topological polar surface area (TPSA) is 49.4 Å². The lowest BCUT2D eigenvalue weighted by molar-refractivity contribution is -0.131. The Morgan fingerprint density at radius 2 is 1.95 bits per heavy atom. The Morgan fingerprint density at radius 3 is 2.67 bits per heavy atom. The number of benzene rings is 1. The van der Waals surface area contributed by atoms with E-state index >= 15 is 0 Å². The Bertz CT molecular complexity index is 530. The minimum atomic E-state index is -0.480. The van der Waals surface area contributed by atoms with E-state index in [1.54, 1.807) is 0 Å². The Hall–Kier alpha value is -1.43. The molecule has 1 fully saturated rings. The van der Waals surface area contributed by atoms with Gasteiger partial charge in [0.2, 0.25) is 5.91 Å². The van der Waals surface area contributed by atoms with E-state index < -0.39 is 5.82 Å². The van der Waals surface area contributed by atoms with E-state index in [1.807, 2.05) is 4.90 Å². The third-order valence-corrected chi connectivity index (χ3v) is 4.34. The second-order valence-electron chi connectivity index (χ2n) is 5.05. The van der Waals surface area contributed by atoms with Crippen LogP contribution in [0, 0.1) is 5.82 Å². The number of halogens is 2. The van der Waals surface area contributed by atoms with Crippen LogP contribution in [0.2, 0.25) is 0 Å². The number of carbonyl (C=O) groups excluding carboxylic acids is 2. The fourth-order valence-electron chi connectivity index (χ4n) is 2.36. The summed E-state index contributed by atoms with van der Waals surface area (Å²) in [6.07, 6.45) is 3.55. The van der Waals surface area contributed by atoms with Crippen molar-refractivity contribution in [1.29, 1.82) is 0 Å². The largest absolute Gasteiger partial charge is 0.351 e. The van der Waals surface area contributed by atoms with Crippen molar-refractivity contribution >= 4 is 27.7 Å². The molecule has 0 radical (unpaired) electrons. The summed E-state index contributed by atoms with van der Waals surface area (Å²) in [4.78, 5) is 25.7. The van der Waals surface area contributed by atoms with Gasteiger partial charge in [0.15, 0.2) is 0 Å². The smallest absolute Gasteiger partial charge is 0.252 e. The highest BCUT2D eigenvalue weighted by atomic mass is 79.9. The molecule has 4 nitrogen and oxygen atoms in total. The lowest BCUT2D eigenvalue weighted by Gasteiger charge is -2.26. The standard InChI is InChI=1S/C15H18BrFN2O2/c16-14-11(5-4-6-12(14)17)15(21)18-8-7-13(20)19-9-2-1-3-10-19/h4-6H,1-3,7-10H2,(H,18,21). The van der Waals surface area contributed by atoms with E-state index in [1.165, 1.54) is 24.6 Å². The van der Waals surface area contributed by atoms with Gasteiger partial charge >= 0.3 is 0 Å². The van der Waals surface area contributed by atoms with Crippen molar-refractivity contribution in [3.05, 3.63) is 34.1 Å². The summed E-state index contributed by atoms with van der Waals surface area (Å²) in [6, 6.07) is 4.30. The first-order valence-corrected chi connectivity index (χ1v) is 7.89. The third kappa shape index (κ3) is 4.27. The van der Waals surface area contributed by atoms with Gasteiger partial charge < -0.3 is 10.2 Å². The van der Waals surface area contributed by atoms with Gasteiger partial charge in [-0.1, -0.05) is 6.07 Å². The summed E-state index contributed by atoms with van der Waals surface area (Å²) < 4.78 is 13.5. The van der Waals surface area contributed by atoms with Crippen LogP contribution in [0.5, 0.6) is 0 Å². The molecule has 0 atom stereocenters. The van der Waals surface area contributed by atoms with Crippen LogP contribution < -0.4 is 5.32 Å². The van der Waals surface area contributed by atoms with Crippen molar-refractivity contribution in [3.8, 4) is 0 Å². The van der Waals surface area contributed by atoms with Crippen molar-refractivity contribution in [1.82, 2.24) is 10.2 Å². The van der Waals surface area contributed by atoms with E-state index in [0.29, 0.717) is 0 Å². The van der Waals surface area contributed by atoms with E-state index in [2.05, 4.69) is 21.2 Å². The average molecular weight is 357 g/mol. The predicted octanol–water partition coefficient (Wildman–Crippen LogP) is 2.72. The van der Waals surface area contributed by atoms with Gasteiger partial charge in [-0.2, -0.15) is 0 Å². The molecule has 0 unspecified atom stereocenters. The molecule has 2 rings (SSSR count). The van der Waals surface area contributed by atoms with Crippen LogP contribution in [0.25, 0.3) is 0 Å². The molecule has 1 N–H and O–H groups in total. The number of likely N-dealkylation sites (tertiary alicyclic amines) is 1. The fraction of sp³-hybridized carbons (Fsp3) is 0.467. The van der Waals surface area contributed by atoms with Crippen LogP contribution in [-0.4, -0.2) is 36.3 Å². The van der Waals surface area contributed by atoms with Crippen LogP contribution in [0.15, 0.2) is 22.7 Å². The maximum absolute atomic E-state index is 13.3. The van der Waals surface area contributed by atoms with Crippen molar-refractivity contribution in [3.63, 3.8) is 0 Å². The molecular weight excluding hydrogens is 339 g/mol. The zero-order chi connectivity index (χ0) is 15.2. The normalized spacial score (nSPS) is 14.9. The molecule has 1 aromatic carbocycles. The Labute approximate surface area is 131 Å². The maximum Gasteiger partial charge on any atom is 0.252 e. The van der Waals surface area contributed by atoms with Crippen molar-refractivity contribution in [2.75, 3.05) is 19.6 Å². The number of rotatable bonds is 4. The molecule has 0 bridgehead atoms. The van der Waals surface area contributed by atoms with E-state index in [0.717, 1.165) is 25.9 Å². The van der Waals surface area contributed by atoms with Crippen LogP contribution in [0.4, 0.5) is 4.39 Å². The van der Waals surface area contributed by atoms with Gasteiger partial charge in [-0.05, 0) is 47.3 Å². The highest BCUT2D eigenvalue weighted by Crippen LogP contribution is 2.20. The number of nitrogens with one attached hydrogen (secondary N) is 1. The molecule has 0 spiro atoms. The third-order valence-electron chi connectivity index (χ3n) is 3.53. The SMILES string of the molecule is O=C(NCCC(=O)N1CCCCC1)c1cccc(F)c1Br. The summed E-state index contributed by atoms with van der Waals surface area (Å²) in [7, 11) is 0. The second kappa shape index (κ2) is 7.54. The average Bonchev–Trinajstić information content (AvgIpc) is 2.50. The second-order valence-corrected chi connectivity index (χ2v) is 5.84. The molecule has 1 saturated heterocycles. The quantitative estimate of drug-likeness (QED) is 0.901. The van der Waals surface area contributed by atoms with Gasteiger partial charge in [0, 0.05) is 26.1 Å². The molecule has 0 aromatic heterocycles. The highest BCUT2D eigenvalue weighted by molar-refractivity contribution is 9.10. The van der Waals surface area contributed by atoms with Gasteiger partial charge in [0.1, 0.15) is 5.82 Å². The summed E-state index contributed by atoms with van der Waals surface area (Å²) in [5.74, 6) is -0.798. The van der Waals surface area contributed by atoms with Crippen LogP contribution in [0.3, 0.4) is 0 Å². The minimum Gasteiger partial charge on any atom is -0.351 e. The number of hydrogen-bond donors (Lipinski definition) is 1. The van der Waals surface area contributed by atoms with Gasteiger partial charge in [-0.25, -0.2) is 4.39 Å². The zero-order valence-corrected chi connectivity index (χ0v) is 13.3. The number of amides is 2. The number of piperidine rings is 1. The maximum atomic E-state index is 13.3. The Balaban J connectivity index is 1.81. The summed E-state index contributed by atoms with van der Waals surface area (Å²) in [6.45, 7) is 1.88. The highest BCUT2D eigenvalue weighted by Gasteiger charge is 2.17. The van der Waals surface area contributed by atoms with Gasteiger partial charge in [-0.15, -0.1) is 0 Å². The molecule has 1 aliphatic rings. The van der Waals surface area contributed by atoms with E-state index in [9.17, 15) is 14.0 Å². The Morgan fingerprint density at radius 1 is 1.24 bits per heavy atom. The van der Waals surface area contributed by atoms with E-state index in [-0.39, 0.29) is 34.8 Å². The summed E-state index contributed by atoms with van der Waals surface area (Å²) in [5, 5.41) is 2.65. The molecule has 1 aromatic rings. The van der Waals surface area contributed by atoms with Crippen LogP contribution in [0.1, 0.15) is 36.0 Å². The van der Waals surface area contributed by atoms with Crippen molar-refractivity contribution in [2.45, 2.75) is 25.7 Å². The predicted molar refractivity (Wildman–Crippen MR) is 81.5 cm³/mol. The lowest BCUT2D eigenvalue weighted by atomic mass is 10.1. The molecule has 6 heteroatoms. The van der Waals surface area contributed by atoms with Crippen molar-refractivity contribution in [2.24, 2.45) is 0 Å². The first-order chi connectivity index (χ1) is 10.1. The first kappa shape index (κ1) is 15.9. The molecular formula is C15H18BrFN2O2. The molecule has 0 saturated carbocycles. The van der Waals surface area contributed by atoms with Gasteiger partial charge in [0.05, 0.1) is 10.0 Å². The number of nitrogens with zero attached hydrogens (tertiary/aromatic N) is 1. The zero-order valence-electron chi connectivity index (χ0n) is 11.7. The van der Waals surface area contributed by atoms with Crippen LogP contribution >= 0.6 is 15.9 Å². The van der Waals surface area contributed by atoms with E-state index in [4.69, 9.17) is 0 Å². The number of carbonyl (C=O) groups is 2. The van der Waals surface area contributed by atoms with Gasteiger partial charge in [-0.3, -0.25) is 9.59 Å². The van der Waals surface area contributed by atoms with Crippen molar-refractivity contribution < 1.29 is 14.0 Å². The Kier molecular flexibility index (Phi) is 5.73. The molecule has 1 heterocycles. The minimum absolute atomic E-state index is 0.0632. The molecule has 21 heavy (non-hydrogen) atoms.